The van der Waals surface area contributed by atoms with Crippen LogP contribution in [-0.2, 0) is 16.0 Å². The summed E-state index contributed by atoms with van der Waals surface area (Å²) in [6, 6.07) is 8.54. The molecule has 0 bridgehead atoms. The second-order valence-corrected chi connectivity index (χ2v) is 8.15. The first-order chi connectivity index (χ1) is 15.6. The minimum Gasteiger partial charge on any atom is -0.464 e. The van der Waals surface area contributed by atoms with Crippen LogP contribution in [0.2, 0.25) is 0 Å². The van der Waals surface area contributed by atoms with Gasteiger partial charge in [0.2, 0.25) is 17.3 Å². The van der Waals surface area contributed by atoms with Gasteiger partial charge in [-0.3, -0.25) is 4.79 Å². The highest BCUT2D eigenvalue weighted by molar-refractivity contribution is 5.89. The number of esters is 1. The van der Waals surface area contributed by atoms with E-state index < -0.39 is 12.1 Å². The van der Waals surface area contributed by atoms with Crippen LogP contribution in [0.4, 0.5) is 4.39 Å². The summed E-state index contributed by atoms with van der Waals surface area (Å²) in [5, 5.41) is 0.757. The molecule has 172 valence electrons. The molecule has 0 aliphatic heterocycles. The largest absolute Gasteiger partial charge is 0.464 e. The molecule has 2 aromatic heterocycles. The minimum atomic E-state index is -2.01. The maximum absolute atomic E-state index is 15.0. The van der Waals surface area contributed by atoms with Crippen molar-refractivity contribution in [3.63, 3.8) is 0 Å². The molecule has 5 nitrogen and oxygen atoms in total. The third-order valence-corrected chi connectivity index (χ3v) is 5.72. The highest BCUT2D eigenvalue weighted by atomic mass is 19.1. The number of aromatic nitrogens is 1. The molecule has 2 heterocycles. The fourth-order valence-corrected chi connectivity index (χ4v) is 3.98. The molecule has 0 radical (unpaired) electrons. The smallest absolute Gasteiger partial charge is 0.347 e. The zero-order valence-corrected chi connectivity index (χ0v) is 19.0. The molecule has 0 aliphatic carbocycles. The van der Waals surface area contributed by atoms with Crippen LogP contribution in [0.5, 0.6) is 0 Å². The third-order valence-electron chi connectivity index (χ3n) is 5.72. The molecule has 3 rings (SSSR count). The topological polar surface area (TPSA) is 69.4 Å². The van der Waals surface area contributed by atoms with Crippen LogP contribution in [-0.4, -0.2) is 17.6 Å². The first-order valence-electron chi connectivity index (χ1n) is 11.7. The Bertz CT molecular complexity index is 1110. The Hall–Kier alpha value is -2.76. The van der Waals surface area contributed by atoms with Gasteiger partial charge in [0.15, 0.2) is 0 Å². The van der Waals surface area contributed by atoms with Gasteiger partial charge in [-0.25, -0.2) is 14.2 Å². The van der Waals surface area contributed by atoms with Gasteiger partial charge < -0.3 is 9.15 Å². The molecule has 1 atom stereocenters. The van der Waals surface area contributed by atoms with Crippen LogP contribution in [0.1, 0.15) is 82.6 Å². The van der Waals surface area contributed by atoms with Gasteiger partial charge in [0.1, 0.15) is 5.58 Å². The SMILES string of the molecule is CCCCCCCCCCc1cc2c(=O)c3ccccc3oc2nc1C(F)C(=O)OCC. The van der Waals surface area contributed by atoms with Crippen molar-refractivity contribution in [2.75, 3.05) is 6.61 Å². The number of aryl methyl sites for hydroxylation is 1. The van der Waals surface area contributed by atoms with Gasteiger partial charge in [0.25, 0.3) is 0 Å². The van der Waals surface area contributed by atoms with Crippen molar-refractivity contribution in [3.05, 3.63) is 51.8 Å². The molecule has 3 aromatic rings. The van der Waals surface area contributed by atoms with Gasteiger partial charge in [-0.05, 0) is 43.5 Å². The molecular formula is C26H32FNO4. The third kappa shape index (κ3) is 5.72. The van der Waals surface area contributed by atoms with E-state index in [1.807, 2.05) is 0 Å². The molecule has 6 heteroatoms. The molecule has 0 saturated carbocycles. The molecule has 0 aliphatic rings. The van der Waals surface area contributed by atoms with Crippen LogP contribution < -0.4 is 5.43 Å². The van der Waals surface area contributed by atoms with E-state index in [1.54, 1.807) is 37.3 Å². The number of pyridine rings is 1. The van der Waals surface area contributed by atoms with Crippen LogP contribution in [0.3, 0.4) is 0 Å². The molecular weight excluding hydrogens is 409 g/mol. The Balaban J connectivity index is 1.86. The molecule has 0 fully saturated rings. The van der Waals surface area contributed by atoms with Crippen molar-refractivity contribution >= 4 is 28.0 Å². The van der Waals surface area contributed by atoms with Crippen molar-refractivity contribution in [2.24, 2.45) is 0 Å². The number of ether oxygens (including phenoxy) is 1. The van der Waals surface area contributed by atoms with Gasteiger partial charge in [-0.15, -0.1) is 0 Å². The summed E-state index contributed by atoms with van der Waals surface area (Å²) in [6.07, 6.45) is 7.67. The molecule has 0 spiro atoms. The number of nitrogens with zero attached hydrogens (tertiary/aromatic N) is 1. The Morgan fingerprint density at radius 3 is 2.44 bits per heavy atom. The zero-order chi connectivity index (χ0) is 22.9. The Labute approximate surface area is 188 Å². The maximum atomic E-state index is 15.0. The Morgan fingerprint density at radius 1 is 1.03 bits per heavy atom. The maximum Gasteiger partial charge on any atom is 0.347 e. The number of rotatable bonds is 12. The average Bonchev–Trinajstić information content (AvgIpc) is 2.80. The number of alkyl halides is 1. The summed E-state index contributed by atoms with van der Waals surface area (Å²) in [7, 11) is 0. The monoisotopic (exact) mass is 441 g/mol. The zero-order valence-electron chi connectivity index (χ0n) is 19.0. The summed E-state index contributed by atoms with van der Waals surface area (Å²) < 4.78 is 25.6. The van der Waals surface area contributed by atoms with Crippen LogP contribution in [0.15, 0.2) is 39.5 Å². The van der Waals surface area contributed by atoms with Crippen LogP contribution in [0, 0.1) is 0 Å². The number of fused-ring (bicyclic) bond motifs is 2. The summed E-state index contributed by atoms with van der Waals surface area (Å²) in [6.45, 7) is 3.91. The van der Waals surface area contributed by atoms with Crippen molar-refractivity contribution in [2.45, 2.75) is 77.8 Å². The molecule has 0 saturated heterocycles. The van der Waals surface area contributed by atoms with Gasteiger partial charge >= 0.3 is 5.97 Å². The van der Waals surface area contributed by atoms with Crippen molar-refractivity contribution in [3.8, 4) is 0 Å². The average molecular weight is 442 g/mol. The first kappa shape index (κ1) is 23.9. The van der Waals surface area contributed by atoms with Crippen molar-refractivity contribution < 1.29 is 18.3 Å². The van der Waals surface area contributed by atoms with Crippen LogP contribution in [0.25, 0.3) is 22.1 Å². The van der Waals surface area contributed by atoms with Gasteiger partial charge in [-0.2, -0.15) is 0 Å². The van der Waals surface area contributed by atoms with Crippen molar-refractivity contribution in [1.29, 1.82) is 0 Å². The van der Waals surface area contributed by atoms with Gasteiger partial charge in [0.05, 0.1) is 23.1 Å². The lowest BCUT2D eigenvalue weighted by atomic mass is 10.00. The van der Waals surface area contributed by atoms with Crippen LogP contribution >= 0.6 is 0 Å². The molecule has 0 N–H and O–H groups in total. The van der Waals surface area contributed by atoms with E-state index in [0.717, 1.165) is 19.3 Å². The standard InChI is InChI=1S/C26H32FNO4/c1-3-5-6-7-8-9-10-11-14-18-17-20-24(29)19-15-12-13-16-21(19)32-25(20)28-23(18)22(27)26(30)31-4-2/h12-13,15-17,22H,3-11,14H2,1-2H3. The normalized spacial score (nSPS) is 12.3. The number of carbonyl (C=O) groups excluding carboxylic acids is 1. The first-order valence-corrected chi connectivity index (χ1v) is 11.7. The molecule has 1 aromatic carbocycles. The fraction of sp³-hybridized carbons (Fsp3) is 0.500. The van der Waals surface area contributed by atoms with E-state index in [0.29, 0.717) is 28.3 Å². The number of benzene rings is 1. The number of halogens is 1. The minimum absolute atomic E-state index is 0.0164. The number of carbonyl (C=O) groups is 1. The quantitative estimate of drug-likeness (QED) is 0.180. The van der Waals surface area contributed by atoms with E-state index in [9.17, 15) is 9.59 Å². The molecule has 1 unspecified atom stereocenters. The van der Waals surface area contributed by atoms with E-state index in [1.165, 1.54) is 32.1 Å². The number of unbranched alkanes of at least 4 members (excludes halogenated alkanes) is 7. The van der Waals surface area contributed by atoms with Gasteiger partial charge in [0, 0.05) is 0 Å². The second kappa shape index (κ2) is 11.7. The predicted molar refractivity (Wildman–Crippen MR) is 125 cm³/mol. The number of hydrogen-bond acceptors (Lipinski definition) is 5. The van der Waals surface area contributed by atoms with E-state index in [4.69, 9.17) is 9.15 Å². The summed E-state index contributed by atoms with van der Waals surface area (Å²) in [5.41, 5.74) is 0.759. The lowest BCUT2D eigenvalue weighted by Gasteiger charge is -2.13. The Kier molecular flexibility index (Phi) is 8.77. The highest BCUT2D eigenvalue weighted by Crippen LogP contribution is 2.27. The lowest BCUT2D eigenvalue weighted by Crippen LogP contribution is -2.16. The summed E-state index contributed by atoms with van der Waals surface area (Å²) in [5.74, 6) is -0.973. The fourth-order valence-electron chi connectivity index (χ4n) is 3.98. The van der Waals surface area contributed by atoms with E-state index in [-0.39, 0.29) is 23.4 Å². The van der Waals surface area contributed by atoms with Gasteiger partial charge in [-0.1, -0.05) is 64.0 Å². The van der Waals surface area contributed by atoms with E-state index >= 15 is 4.39 Å². The second-order valence-electron chi connectivity index (χ2n) is 8.15. The summed E-state index contributed by atoms with van der Waals surface area (Å²) in [4.78, 5) is 29.4. The molecule has 32 heavy (non-hydrogen) atoms. The Morgan fingerprint density at radius 2 is 1.72 bits per heavy atom. The van der Waals surface area contributed by atoms with E-state index in [2.05, 4.69) is 11.9 Å². The molecule has 0 amide bonds. The number of para-hydroxylation sites is 1. The predicted octanol–water partition coefficient (Wildman–Crippen LogP) is 6.60. The van der Waals surface area contributed by atoms with Crippen molar-refractivity contribution in [1.82, 2.24) is 4.98 Å². The number of hydrogen-bond donors (Lipinski definition) is 0. The highest BCUT2D eigenvalue weighted by Gasteiger charge is 2.27. The summed E-state index contributed by atoms with van der Waals surface area (Å²) >= 11 is 0. The lowest BCUT2D eigenvalue weighted by molar-refractivity contribution is -0.149.